The molecule has 0 N–H and O–H groups in total. The Balaban J connectivity index is 3.76. The first-order valence-corrected chi connectivity index (χ1v) is 10.1. The summed E-state index contributed by atoms with van der Waals surface area (Å²) in [4.78, 5) is -0.0289. The number of hydrogen-bond acceptors (Lipinski definition) is 0. The molecule has 0 heterocycles. The fourth-order valence-electron chi connectivity index (χ4n) is 2.93. The summed E-state index contributed by atoms with van der Waals surface area (Å²) in [6.07, 6.45) is 13.3. The summed E-state index contributed by atoms with van der Waals surface area (Å²) in [6, 6.07) is 0. The van der Waals surface area contributed by atoms with Gasteiger partial charge in [-0.1, -0.05) is 64.5 Å². The van der Waals surface area contributed by atoms with Crippen molar-refractivity contribution in [2.45, 2.75) is 97.3 Å². The molecular formula is C20H38Cl2. The van der Waals surface area contributed by atoms with Crippen molar-refractivity contribution < 1.29 is 0 Å². The van der Waals surface area contributed by atoms with Crippen molar-refractivity contribution in [3.05, 3.63) is 11.6 Å². The van der Waals surface area contributed by atoms with Gasteiger partial charge < -0.3 is 0 Å². The molecule has 0 nitrogen and oxygen atoms in total. The maximum Gasteiger partial charge on any atom is 0.0418 e. The van der Waals surface area contributed by atoms with E-state index in [2.05, 4.69) is 40.7 Å². The van der Waals surface area contributed by atoms with E-state index in [4.69, 9.17) is 23.2 Å². The summed E-state index contributed by atoms with van der Waals surface area (Å²) in [5, 5.41) is 0. The molecule has 0 radical (unpaired) electrons. The fraction of sp³-hybridized carbons (Fsp3) is 0.900. The van der Waals surface area contributed by atoms with Crippen LogP contribution in [0.1, 0.15) is 92.4 Å². The van der Waals surface area contributed by atoms with Gasteiger partial charge in [0.15, 0.2) is 0 Å². The lowest BCUT2D eigenvalue weighted by atomic mass is 9.91. The molecule has 0 bridgehead atoms. The van der Waals surface area contributed by atoms with Gasteiger partial charge in [-0.25, -0.2) is 0 Å². The minimum Gasteiger partial charge on any atom is -0.122 e. The largest absolute Gasteiger partial charge is 0.122 e. The first-order chi connectivity index (χ1) is 10.3. The van der Waals surface area contributed by atoms with E-state index >= 15 is 0 Å². The summed E-state index contributed by atoms with van der Waals surface area (Å²) < 4.78 is 0. The molecule has 2 unspecified atom stereocenters. The summed E-state index contributed by atoms with van der Waals surface area (Å²) >= 11 is 12.4. The van der Waals surface area contributed by atoms with Gasteiger partial charge in [0, 0.05) is 10.8 Å². The number of halogens is 2. The van der Waals surface area contributed by atoms with Gasteiger partial charge in [-0.2, -0.15) is 0 Å². The Morgan fingerprint density at radius 3 is 2.18 bits per heavy atom. The molecule has 0 aliphatic heterocycles. The summed E-state index contributed by atoms with van der Waals surface area (Å²) in [5.74, 6) is 2.31. The van der Waals surface area contributed by atoms with E-state index in [1.807, 2.05) is 0 Å². The smallest absolute Gasteiger partial charge is 0.0418 e. The van der Waals surface area contributed by atoms with Gasteiger partial charge >= 0.3 is 0 Å². The Kier molecular flexibility index (Phi) is 12.9. The van der Waals surface area contributed by atoms with Crippen LogP contribution in [0.25, 0.3) is 0 Å². The molecule has 22 heavy (non-hydrogen) atoms. The van der Waals surface area contributed by atoms with E-state index < -0.39 is 0 Å². The molecule has 0 saturated heterocycles. The van der Waals surface area contributed by atoms with E-state index in [1.165, 1.54) is 44.1 Å². The summed E-state index contributed by atoms with van der Waals surface area (Å²) in [6.45, 7) is 11.4. The maximum absolute atomic E-state index is 6.68. The third-order valence-electron chi connectivity index (χ3n) is 4.57. The zero-order chi connectivity index (χ0) is 17.0. The predicted octanol–water partition coefficient (Wildman–Crippen LogP) is 7.97. The minimum atomic E-state index is -0.0289. The normalized spacial score (nSPS) is 16.8. The van der Waals surface area contributed by atoms with Crippen molar-refractivity contribution in [1.82, 2.24) is 0 Å². The lowest BCUT2D eigenvalue weighted by Crippen LogP contribution is -2.16. The molecular weight excluding hydrogens is 311 g/mol. The molecule has 2 heteroatoms. The van der Waals surface area contributed by atoms with Crippen molar-refractivity contribution in [1.29, 1.82) is 0 Å². The van der Waals surface area contributed by atoms with Crippen molar-refractivity contribution in [2.75, 3.05) is 5.88 Å². The third kappa shape index (κ3) is 13.9. The third-order valence-corrected chi connectivity index (χ3v) is 5.10. The molecule has 0 aromatic rings. The lowest BCUT2D eigenvalue weighted by Gasteiger charge is -2.23. The second-order valence-electron chi connectivity index (χ2n) is 7.79. The first-order valence-electron chi connectivity index (χ1n) is 9.17. The number of hydrogen-bond donors (Lipinski definition) is 0. The van der Waals surface area contributed by atoms with Crippen LogP contribution in [0.2, 0.25) is 0 Å². The van der Waals surface area contributed by atoms with Crippen LogP contribution in [-0.4, -0.2) is 10.8 Å². The molecule has 0 rings (SSSR count). The van der Waals surface area contributed by atoms with E-state index in [0.717, 1.165) is 31.1 Å². The predicted molar refractivity (Wildman–Crippen MR) is 104 cm³/mol. The summed E-state index contributed by atoms with van der Waals surface area (Å²) in [5.41, 5.74) is 1.39. The van der Waals surface area contributed by atoms with Crippen LogP contribution in [0.4, 0.5) is 0 Å². The molecule has 0 aliphatic rings. The number of allylic oxidation sites excluding steroid dienone is 2. The Hall–Kier alpha value is 0.320. The Labute approximate surface area is 150 Å². The molecule has 0 fully saturated rings. The molecule has 2 atom stereocenters. The Morgan fingerprint density at radius 1 is 1.00 bits per heavy atom. The molecule has 0 aromatic carbocycles. The van der Waals surface area contributed by atoms with E-state index in [1.54, 1.807) is 0 Å². The molecule has 0 saturated carbocycles. The second kappa shape index (κ2) is 12.7. The van der Waals surface area contributed by atoms with Crippen LogP contribution in [0.3, 0.4) is 0 Å². The highest BCUT2D eigenvalue weighted by Crippen LogP contribution is 2.30. The highest BCUT2D eigenvalue weighted by molar-refractivity contribution is 6.23. The van der Waals surface area contributed by atoms with Crippen LogP contribution in [0, 0.1) is 11.8 Å². The van der Waals surface area contributed by atoms with Gasteiger partial charge in [0.05, 0.1) is 0 Å². The van der Waals surface area contributed by atoms with E-state index in [0.29, 0.717) is 5.88 Å². The van der Waals surface area contributed by atoms with Crippen LogP contribution >= 0.6 is 23.2 Å². The van der Waals surface area contributed by atoms with Gasteiger partial charge in [0.2, 0.25) is 0 Å². The molecule has 0 aliphatic carbocycles. The number of alkyl halides is 2. The van der Waals surface area contributed by atoms with Gasteiger partial charge in [-0.05, 0) is 51.4 Å². The van der Waals surface area contributed by atoms with Crippen molar-refractivity contribution in [3.63, 3.8) is 0 Å². The van der Waals surface area contributed by atoms with Crippen molar-refractivity contribution in [3.8, 4) is 0 Å². The van der Waals surface area contributed by atoms with Crippen LogP contribution in [0.15, 0.2) is 11.6 Å². The average Bonchev–Trinajstić information content (AvgIpc) is 2.38. The lowest BCUT2D eigenvalue weighted by molar-refractivity contribution is 0.400. The van der Waals surface area contributed by atoms with Gasteiger partial charge in [0.25, 0.3) is 0 Å². The van der Waals surface area contributed by atoms with Crippen LogP contribution < -0.4 is 0 Å². The summed E-state index contributed by atoms with van der Waals surface area (Å²) in [7, 11) is 0. The molecule has 132 valence electrons. The van der Waals surface area contributed by atoms with Crippen molar-refractivity contribution in [2.24, 2.45) is 11.8 Å². The van der Waals surface area contributed by atoms with E-state index in [9.17, 15) is 0 Å². The zero-order valence-electron chi connectivity index (χ0n) is 15.6. The standard InChI is InChI=1S/C20H38Cl2/c1-17(2)9-6-10-18(3)11-7-14-20(5,22)15-8-12-19(4)13-16-21/h13,17-18H,6-12,14-16H2,1-5H3/b19-13+. The zero-order valence-corrected chi connectivity index (χ0v) is 17.1. The molecule has 0 amide bonds. The van der Waals surface area contributed by atoms with Crippen LogP contribution in [-0.2, 0) is 0 Å². The van der Waals surface area contributed by atoms with Gasteiger partial charge in [0.1, 0.15) is 0 Å². The van der Waals surface area contributed by atoms with E-state index in [-0.39, 0.29) is 4.87 Å². The Morgan fingerprint density at radius 2 is 1.59 bits per heavy atom. The Bertz CT molecular complexity index is 292. The van der Waals surface area contributed by atoms with Gasteiger partial charge in [-0.3, -0.25) is 0 Å². The first kappa shape index (κ1) is 22.3. The van der Waals surface area contributed by atoms with Crippen molar-refractivity contribution >= 4 is 23.2 Å². The highest BCUT2D eigenvalue weighted by Gasteiger charge is 2.20. The monoisotopic (exact) mass is 348 g/mol. The SMILES string of the molecule is C/C(=C\CCl)CCCC(C)(Cl)CCCC(C)CCCC(C)C. The highest BCUT2D eigenvalue weighted by atomic mass is 35.5. The quantitative estimate of drug-likeness (QED) is 0.233. The fourth-order valence-corrected chi connectivity index (χ4v) is 3.46. The average molecular weight is 349 g/mol. The number of rotatable bonds is 13. The van der Waals surface area contributed by atoms with Crippen LogP contribution in [0.5, 0.6) is 0 Å². The van der Waals surface area contributed by atoms with Gasteiger partial charge in [-0.15, -0.1) is 23.2 Å². The topological polar surface area (TPSA) is 0 Å². The minimum absolute atomic E-state index is 0.0289. The molecule has 0 aromatic heterocycles. The maximum atomic E-state index is 6.68. The molecule has 0 spiro atoms. The second-order valence-corrected chi connectivity index (χ2v) is 9.01.